The molecule has 0 saturated heterocycles. The highest BCUT2D eigenvalue weighted by molar-refractivity contribution is 5.98. The summed E-state index contributed by atoms with van der Waals surface area (Å²) in [7, 11) is 3.70. The molecule has 7 heteroatoms. The zero-order valence-corrected chi connectivity index (χ0v) is 21.4. The number of amides is 1. The number of aliphatic hydroxyl groups excluding tert-OH is 1. The van der Waals surface area contributed by atoms with E-state index in [-0.39, 0.29) is 30.6 Å². The third-order valence-electron chi connectivity index (χ3n) is 6.71. The highest BCUT2D eigenvalue weighted by atomic mass is 16.5. The summed E-state index contributed by atoms with van der Waals surface area (Å²) < 4.78 is 11.8. The summed E-state index contributed by atoms with van der Waals surface area (Å²) in [6.07, 6.45) is 1.55. The Kier molecular flexibility index (Phi) is 8.23. The summed E-state index contributed by atoms with van der Waals surface area (Å²) in [6, 6.07) is 19.5. The van der Waals surface area contributed by atoms with Crippen molar-refractivity contribution in [2.45, 2.75) is 32.5 Å². The summed E-state index contributed by atoms with van der Waals surface area (Å²) in [5.74, 6) is 0.903. The SMILES string of the molecule is COc1cccc(-c2cnc3c(c2)C(=O)N([C@H](C)CO)C[C@@H](C)[C@@H](CN(C)Cc2ccccc2)O3)c1. The van der Waals surface area contributed by atoms with Crippen LogP contribution in [-0.2, 0) is 6.54 Å². The smallest absolute Gasteiger partial charge is 0.259 e. The Morgan fingerprint density at radius 2 is 1.94 bits per heavy atom. The molecule has 0 aliphatic carbocycles. The van der Waals surface area contributed by atoms with Gasteiger partial charge in [0.05, 0.1) is 19.8 Å². The van der Waals surface area contributed by atoms with Crippen molar-refractivity contribution in [3.8, 4) is 22.8 Å². The van der Waals surface area contributed by atoms with Gasteiger partial charge in [0.25, 0.3) is 5.91 Å². The molecule has 0 saturated carbocycles. The van der Waals surface area contributed by atoms with Crippen LogP contribution in [-0.4, -0.2) is 71.8 Å². The van der Waals surface area contributed by atoms with Crippen LogP contribution in [0.2, 0.25) is 0 Å². The van der Waals surface area contributed by atoms with Crippen molar-refractivity contribution in [3.63, 3.8) is 0 Å². The number of likely N-dealkylation sites (N-methyl/N-ethyl adjacent to an activating group) is 1. The Morgan fingerprint density at radius 3 is 2.67 bits per heavy atom. The van der Waals surface area contributed by atoms with E-state index in [4.69, 9.17) is 9.47 Å². The number of nitrogens with zero attached hydrogens (tertiary/aromatic N) is 3. The van der Waals surface area contributed by atoms with Crippen molar-refractivity contribution in [3.05, 3.63) is 78.0 Å². The molecule has 190 valence electrons. The van der Waals surface area contributed by atoms with Crippen LogP contribution in [0, 0.1) is 5.92 Å². The molecule has 0 radical (unpaired) electrons. The molecule has 0 fully saturated rings. The van der Waals surface area contributed by atoms with Gasteiger partial charge in [0.2, 0.25) is 5.88 Å². The first-order valence-electron chi connectivity index (χ1n) is 12.3. The van der Waals surface area contributed by atoms with E-state index in [1.807, 2.05) is 55.5 Å². The van der Waals surface area contributed by atoms with Crippen LogP contribution in [0.1, 0.15) is 29.8 Å². The Hall–Kier alpha value is -3.42. The Labute approximate surface area is 213 Å². The average molecular weight is 490 g/mol. The van der Waals surface area contributed by atoms with Gasteiger partial charge in [-0.1, -0.05) is 49.4 Å². The fourth-order valence-corrected chi connectivity index (χ4v) is 4.55. The molecular weight excluding hydrogens is 454 g/mol. The number of pyridine rings is 1. The van der Waals surface area contributed by atoms with Gasteiger partial charge in [0, 0.05) is 37.3 Å². The van der Waals surface area contributed by atoms with Crippen LogP contribution in [0.3, 0.4) is 0 Å². The lowest BCUT2D eigenvalue weighted by Crippen LogP contribution is -2.49. The van der Waals surface area contributed by atoms with Crippen LogP contribution in [0.15, 0.2) is 66.9 Å². The summed E-state index contributed by atoms with van der Waals surface area (Å²) in [5.41, 5.74) is 3.32. The zero-order chi connectivity index (χ0) is 25.7. The summed E-state index contributed by atoms with van der Waals surface area (Å²) in [6.45, 7) is 5.77. The first-order chi connectivity index (χ1) is 17.4. The molecule has 1 aliphatic heterocycles. The summed E-state index contributed by atoms with van der Waals surface area (Å²) in [5, 5.41) is 9.90. The van der Waals surface area contributed by atoms with Crippen LogP contribution < -0.4 is 9.47 Å². The van der Waals surface area contributed by atoms with E-state index in [0.717, 1.165) is 23.4 Å². The quantitative estimate of drug-likeness (QED) is 0.513. The largest absolute Gasteiger partial charge is 0.497 e. The number of ether oxygens (including phenoxy) is 2. The molecule has 1 amide bonds. The summed E-state index contributed by atoms with van der Waals surface area (Å²) in [4.78, 5) is 22.2. The predicted molar refractivity (Wildman–Crippen MR) is 140 cm³/mol. The molecule has 4 rings (SSSR count). The summed E-state index contributed by atoms with van der Waals surface area (Å²) >= 11 is 0. The van der Waals surface area contributed by atoms with Crippen LogP contribution in [0.5, 0.6) is 11.6 Å². The maximum absolute atomic E-state index is 13.7. The molecule has 0 unspecified atom stereocenters. The highest BCUT2D eigenvalue weighted by Gasteiger charge is 2.34. The molecule has 1 aliphatic rings. The lowest BCUT2D eigenvalue weighted by atomic mass is 9.99. The molecule has 1 aromatic heterocycles. The number of hydrogen-bond acceptors (Lipinski definition) is 6. The molecule has 2 heterocycles. The van der Waals surface area contributed by atoms with Crippen molar-refractivity contribution in [2.75, 3.05) is 33.9 Å². The Balaban J connectivity index is 1.66. The minimum absolute atomic E-state index is 0.0363. The second-order valence-electron chi connectivity index (χ2n) is 9.61. The molecule has 7 nitrogen and oxygen atoms in total. The molecule has 2 aromatic carbocycles. The Morgan fingerprint density at radius 1 is 1.17 bits per heavy atom. The molecular formula is C29H35N3O4. The number of benzene rings is 2. The number of fused-ring (bicyclic) bond motifs is 1. The molecule has 3 atom stereocenters. The van der Waals surface area contributed by atoms with E-state index in [0.29, 0.717) is 24.5 Å². The van der Waals surface area contributed by atoms with Crippen molar-refractivity contribution in [1.29, 1.82) is 0 Å². The van der Waals surface area contributed by atoms with Crippen LogP contribution >= 0.6 is 0 Å². The van der Waals surface area contributed by atoms with Gasteiger partial charge in [0.1, 0.15) is 17.4 Å². The van der Waals surface area contributed by atoms with E-state index in [2.05, 4.69) is 36.0 Å². The predicted octanol–water partition coefficient (Wildman–Crippen LogP) is 4.11. The highest BCUT2D eigenvalue weighted by Crippen LogP contribution is 2.31. The Bertz CT molecular complexity index is 1170. The molecule has 0 bridgehead atoms. The number of methoxy groups -OCH3 is 1. The molecule has 0 spiro atoms. The van der Waals surface area contributed by atoms with Gasteiger partial charge in [-0.3, -0.25) is 9.69 Å². The van der Waals surface area contributed by atoms with Gasteiger partial charge in [-0.25, -0.2) is 4.98 Å². The number of carbonyl (C=O) groups excluding carboxylic acids is 1. The average Bonchev–Trinajstić information content (AvgIpc) is 2.90. The monoisotopic (exact) mass is 489 g/mol. The fourth-order valence-electron chi connectivity index (χ4n) is 4.55. The maximum Gasteiger partial charge on any atom is 0.259 e. The first kappa shape index (κ1) is 25.7. The van der Waals surface area contributed by atoms with E-state index >= 15 is 0 Å². The first-order valence-corrected chi connectivity index (χ1v) is 12.3. The molecule has 3 aromatic rings. The van der Waals surface area contributed by atoms with Crippen molar-refractivity contribution < 1.29 is 19.4 Å². The fraction of sp³-hybridized carbons (Fsp3) is 0.379. The topological polar surface area (TPSA) is 75.1 Å². The second kappa shape index (κ2) is 11.5. The van der Waals surface area contributed by atoms with E-state index < -0.39 is 0 Å². The number of carbonyl (C=O) groups is 1. The number of rotatable bonds is 8. The van der Waals surface area contributed by atoms with E-state index in [1.54, 1.807) is 18.2 Å². The zero-order valence-electron chi connectivity index (χ0n) is 21.4. The van der Waals surface area contributed by atoms with Gasteiger partial charge in [-0.05, 0) is 43.3 Å². The van der Waals surface area contributed by atoms with Gasteiger partial charge < -0.3 is 19.5 Å². The lowest BCUT2D eigenvalue weighted by Gasteiger charge is -2.37. The van der Waals surface area contributed by atoms with Gasteiger partial charge in [-0.2, -0.15) is 0 Å². The van der Waals surface area contributed by atoms with Crippen LogP contribution in [0.4, 0.5) is 0 Å². The van der Waals surface area contributed by atoms with Crippen molar-refractivity contribution >= 4 is 5.91 Å². The molecule has 1 N–H and O–H groups in total. The minimum Gasteiger partial charge on any atom is -0.497 e. The van der Waals surface area contributed by atoms with E-state index in [1.165, 1.54) is 5.56 Å². The van der Waals surface area contributed by atoms with Gasteiger partial charge in [0.15, 0.2) is 0 Å². The van der Waals surface area contributed by atoms with E-state index in [9.17, 15) is 9.90 Å². The maximum atomic E-state index is 13.7. The normalized spacial score (nSPS) is 18.7. The van der Waals surface area contributed by atoms with Crippen molar-refractivity contribution in [1.82, 2.24) is 14.8 Å². The third-order valence-corrected chi connectivity index (χ3v) is 6.71. The van der Waals surface area contributed by atoms with Gasteiger partial charge in [-0.15, -0.1) is 0 Å². The number of aliphatic hydroxyl groups is 1. The molecule has 36 heavy (non-hydrogen) atoms. The lowest BCUT2D eigenvalue weighted by molar-refractivity contribution is 0.0325. The second-order valence-corrected chi connectivity index (χ2v) is 9.61. The number of aromatic nitrogens is 1. The van der Waals surface area contributed by atoms with Crippen LogP contribution in [0.25, 0.3) is 11.1 Å². The van der Waals surface area contributed by atoms with Crippen molar-refractivity contribution in [2.24, 2.45) is 5.92 Å². The minimum atomic E-state index is -0.325. The standard InChI is InChI=1S/C29H35N3O4/c1-20-16-32(21(2)19-33)29(34)26-14-24(23-11-8-12-25(13-23)35-4)15-30-28(26)36-27(20)18-31(3)17-22-9-6-5-7-10-22/h5-15,20-21,27,33H,16-19H2,1-4H3/t20-,21-,27-/m1/s1. The van der Waals surface area contributed by atoms with Gasteiger partial charge >= 0.3 is 0 Å². The third kappa shape index (κ3) is 5.86. The number of hydrogen-bond donors (Lipinski definition) is 1.